The normalized spacial score (nSPS) is 16.7. The Morgan fingerprint density at radius 1 is 1.23 bits per heavy atom. The van der Waals surface area contributed by atoms with Crippen LogP contribution in [0, 0.1) is 12.7 Å². The van der Waals surface area contributed by atoms with Gasteiger partial charge in [-0.25, -0.2) is 18.9 Å². The third kappa shape index (κ3) is 3.50. The molecule has 0 aliphatic carbocycles. The molecule has 1 aliphatic heterocycles. The number of piperidine rings is 1. The topological polar surface area (TPSA) is 80.0 Å². The fourth-order valence-corrected chi connectivity index (χ4v) is 3.82. The SMILES string of the molecule is Cc1cc(-c2nc(-c3cnn4ccccc34)nc(N[C@@H]3CCCNC3)c2F)ccn1. The van der Waals surface area contributed by atoms with Crippen molar-refractivity contribution in [2.24, 2.45) is 0 Å². The van der Waals surface area contributed by atoms with Gasteiger partial charge in [0.2, 0.25) is 0 Å². The lowest BCUT2D eigenvalue weighted by molar-refractivity contribution is 0.476. The molecule has 152 valence electrons. The summed E-state index contributed by atoms with van der Waals surface area (Å²) in [5.74, 6) is 0.202. The van der Waals surface area contributed by atoms with Crippen molar-refractivity contribution in [2.75, 3.05) is 18.4 Å². The summed E-state index contributed by atoms with van der Waals surface area (Å²) in [4.78, 5) is 13.4. The van der Waals surface area contributed by atoms with Crippen LogP contribution in [0.25, 0.3) is 28.2 Å². The molecule has 30 heavy (non-hydrogen) atoms. The van der Waals surface area contributed by atoms with E-state index < -0.39 is 5.82 Å². The van der Waals surface area contributed by atoms with Crippen LogP contribution in [0.4, 0.5) is 10.2 Å². The standard InChI is InChI=1S/C22H22FN7/c1-14-11-15(7-9-25-14)20-19(23)22(27-16-5-4-8-24-12-16)29-21(28-20)17-13-26-30-10-3-2-6-18(17)30/h2-3,6-7,9-11,13,16,24H,4-5,8,12H2,1H3,(H,27,28,29)/t16-/m1/s1. The molecule has 1 atom stereocenters. The van der Waals surface area contributed by atoms with Crippen molar-refractivity contribution in [3.63, 3.8) is 0 Å². The molecule has 4 aromatic rings. The van der Waals surface area contributed by atoms with Crippen LogP contribution in [0.3, 0.4) is 0 Å². The summed E-state index contributed by atoms with van der Waals surface area (Å²) in [5.41, 5.74) is 3.35. The van der Waals surface area contributed by atoms with Gasteiger partial charge in [0, 0.05) is 36.2 Å². The van der Waals surface area contributed by atoms with E-state index in [1.54, 1.807) is 23.0 Å². The minimum atomic E-state index is -0.452. The number of anilines is 1. The van der Waals surface area contributed by atoms with Gasteiger partial charge in [-0.15, -0.1) is 0 Å². The lowest BCUT2D eigenvalue weighted by Crippen LogP contribution is -2.38. The second-order valence-corrected chi connectivity index (χ2v) is 7.52. The van der Waals surface area contributed by atoms with E-state index in [4.69, 9.17) is 0 Å². The lowest BCUT2D eigenvalue weighted by Gasteiger charge is -2.25. The largest absolute Gasteiger partial charge is 0.363 e. The first-order valence-electron chi connectivity index (χ1n) is 10.1. The molecule has 5 rings (SSSR count). The third-order valence-corrected chi connectivity index (χ3v) is 5.33. The summed E-state index contributed by atoms with van der Waals surface area (Å²) in [7, 11) is 0. The van der Waals surface area contributed by atoms with Gasteiger partial charge < -0.3 is 10.6 Å². The quantitative estimate of drug-likeness (QED) is 0.543. The molecule has 0 amide bonds. The smallest absolute Gasteiger partial charge is 0.191 e. The van der Waals surface area contributed by atoms with Gasteiger partial charge in [0.25, 0.3) is 0 Å². The van der Waals surface area contributed by atoms with Gasteiger partial charge in [0.1, 0.15) is 5.69 Å². The Labute approximate surface area is 173 Å². The number of hydrogen-bond donors (Lipinski definition) is 2. The second kappa shape index (κ2) is 7.79. The highest BCUT2D eigenvalue weighted by Crippen LogP contribution is 2.30. The lowest BCUT2D eigenvalue weighted by atomic mass is 10.1. The first-order chi connectivity index (χ1) is 14.7. The molecule has 0 spiro atoms. The van der Waals surface area contributed by atoms with Crippen LogP contribution in [0.1, 0.15) is 18.5 Å². The predicted molar refractivity (Wildman–Crippen MR) is 114 cm³/mol. The van der Waals surface area contributed by atoms with E-state index in [1.807, 2.05) is 37.4 Å². The average molecular weight is 403 g/mol. The zero-order valence-electron chi connectivity index (χ0n) is 16.6. The Morgan fingerprint density at radius 2 is 2.17 bits per heavy atom. The van der Waals surface area contributed by atoms with Gasteiger partial charge in [0.05, 0.1) is 17.3 Å². The maximum Gasteiger partial charge on any atom is 0.191 e. The zero-order valence-corrected chi connectivity index (χ0v) is 16.6. The molecule has 1 saturated heterocycles. The number of halogens is 1. The number of nitrogens with zero attached hydrogens (tertiary/aromatic N) is 5. The molecule has 8 heteroatoms. The summed E-state index contributed by atoms with van der Waals surface area (Å²) in [5, 5.41) is 11.0. The molecule has 4 aromatic heterocycles. The van der Waals surface area contributed by atoms with Crippen LogP contribution in [-0.4, -0.2) is 43.7 Å². The van der Waals surface area contributed by atoms with Crippen molar-refractivity contribution in [1.82, 2.24) is 29.9 Å². The van der Waals surface area contributed by atoms with E-state index in [9.17, 15) is 0 Å². The number of aromatic nitrogens is 5. The van der Waals surface area contributed by atoms with Gasteiger partial charge >= 0.3 is 0 Å². The molecule has 2 N–H and O–H groups in total. The van der Waals surface area contributed by atoms with Crippen LogP contribution < -0.4 is 10.6 Å². The van der Waals surface area contributed by atoms with Gasteiger partial charge in [-0.05, 0) is 50.6 Å². The van der Waals surface area contributed by atoms with Crippen LogP contribution in [0.2, 0.25) is 0 Å². The van der Waals surface area contributed by atoms with Crippen LogP contribution in [0.15, 0.2) is 48.9 Å². The van der Waals surface area contributed by atoms with E-state index in [-0.39, 0.29) is 17.6 Å². The maximum atomic E-state index is 15.5. The molecule has 0 unspecified atom stereocenters. The van der Waals surface area contributed by atoms with Crippen LogP contribution >= 0.6 is 0 Å². The molecule has 0 saturated carbocycles. The molecule has 7 nitrogen and oxygen atoms in total. The Hall–Kier alpha value is -3.39. The summed E-state index contributed by atoms with van der Waals surface area (Å²) in [6.07, 6.45) is 7.26. The highest BCUT2D eigenvalue weighted by molar-refractivity contribution is 5.78. The van der Waals surface area contributed by atoms with E-state index in [1.165, 1.54) is 0 Å². The predicted octanol–water partition coefficient (Wildman–Crippen LogP) is 3.46. The Kier molecular flexibility index (Phi) is 4.84. The minimum absolute atomic E-state index is 0.118. The van der Waals surface area contributed by atoms with Gasteiger partial charge in [-0.2, -0.15) is 5.10 Å². The average Bonchev–Trinajstić information content (AvgIpc) is 3.20. The zero-order chi connectivity index (χ0) is 20.5. The molecule has 5 heterocycles. The highest BCUT2D eigenvalue weighted by atomic mass is 19.1. The van der Waals surface area contributed by atoms with Crippen LogP contribution in [-0.2, 0) is 0 Å². The van der Waals surface area contributed by atoms with Crippen molar-refractivity contribution >= 4 is 11.3 Å². The summed E-state index contributed by atoms with van der Waals surface area (Å²) >= 11 is 0. The van der Waals surface area contributed by atoms with E-state index in [2.05, 4.69) is 30.7 Å². The molecule has 1 aliphatic rings. The Bertz CT molecular complexity index is 1200. The fraction of sp³-hybridized carbons (Fsp3) is 0.273. The number of rotatable bonds is 4. The second-order valence-electron chi connectivity index (χ2n) is 7.52. The van der Waals surface area contributed by atoms with E-state index in [0.29, 0.717) is 11.4 Å². The number of nitrogens with one attached hydrogen (secondary N) is 2. The van der Waals surface area contributed by atoms with E-state index in [0.717, 1.165) is 42.7 Å². The van der Waals surface area contributed by atoms with Crippen molar-refractivity contribution in [2.45, 2.75) is 25.8 Å². The van der Waals surface area contributed by atoms with Crippen molar-refractivity contribution < 1.29 is 4.39 Å². The number of aryl methyl sites for hydroxylation is 1. The van der Waals surface area contributed by atoms with E-state index >= 15 is 4.39 Å². The molecule has 0 aromatic carbocycles. The number of fused-ring (bicyclic) bond motifs is 1. The molecule has 0 radical (unpaired) electrons. The molecular weight excluding hydrogens is 381 g/mol. The highest BCUT2D eigenvalue weighted by Gasteiger charge is 2.22. The summed E-state index contributed by atoms with van der Waals surface area (Å²) in [6.45, 7) is 3.64. The van der Waals surface area contributed by atoms with Crippen molar-refractivity contribution in [3.05, 3.63) is 60.4 Å². The van der Waals surface area contributed by atoms with Gasteiger partial charge in [-0.1, -0.05) is 6.07 Å². The molecule has 1 fully saturated rings. The number of hydrogen-bond acceptors (Lipinski definition) is 6. The van der Waals surface area contributed by atoms with Gasteiger partial charge in [-0.3, -0.25) is 4.98 Å². The minimum Gasteiger partial charge on any atom is -0.363 e. The first-order valence-corrected chi connectivity index (χ1v) is 10.1. The Morgan fingerprint density at radius 3 is 3.00 bits per heavy atom. The molecular formula is C22H22FN7. The van der Waals surface area contributed by atoms with Gasteiger partial charge in [0.15, 0.2) is 17.5 Å². The number of pyridine rings is 2. The maximum absolute atomic E-state index is 15.5. The fourth-order valence-electron chi connectivity index (χ4n) is 3.82. The van der Waals surface area contributed by atoms with Crippen molar-refractivity contribution in [1.29, 1.82) is 0 Å². The first kappa shape index (κ1) is 18.6. The Balaban J connectivity index is 1.66. The monoisotopic (exact) mass is 403 g/mol. The van der Waals surface area contributed by atoms with Crippen LogP contribution in [0.5, 0.6) is 0 Å². The molecule has 0 bridgehead atoms. The summed E-state index contributed by atoms with van der Waals surface area (Å²) < 4.78 is 17.3. The van der Waals surface area contributed by atoms with Crippen molar-refractivity contribution in [3.8, 4) is 22.6 Å². The summed E-state index contributed by atoms with van der Waals surface area (Å²) in [6, 6.07) is 9.50. The third-order valence-electron chi connectivity index (χ3n) is 5.33.